The predicted octanol–water partition coefficient (Wildman–Crippen LogP) is 4.15. The number of oxazole rings is 1. The number of carbonyl (C=O) groups is 1. The van der Waals surface area contributed by atoms with E-state index in [4.69, 9.17) is 30.6 Å². The second-order valence-electron chi connectivity index (χ2n) is 7.31. The number of benzene rings is 1. The summed E-state index contributed by atoms with van der Waals surface area (Å²) in [4.78, 5) is 25.4. The monoisotopic (exact) mass is 419 g/mol. The summed E-state index contributed by atoms with van der Waals surface area (Å²) in [6, 6.07) is 5.90. The first-order valence-electron chi connectivity index (χ1n) is 9.88. The lowest BCUT2D eigenvalue weighted by Crippen LogP contribution is -2.26. The van der Waals surface area contributed by atoms with Gasteiger partial charge in [-0.3, -0.25) is 9.78 Å². The van der Waals surface area contributed by atoms with Crippen LogP contribution in [0, 0.1) is 6.57 Å². The van der Waals surface area contributed by atoms with E-state index >= 15 is 0 Å². The fraction of sp³-hybridized carbons (Fsp3) is 0.318. The number of pyridine rings is 1. The van der Waals surface area contributed by atoms with E-state index < -0.39 is 0 Å². The highest BCUT2D eigenvalue weighted by atomic mass is 16.5. The number of carboxylic acid groups (broad SMARTS) is 1. The molecule has 1 aliphatic rings. The number of fused-ring (bicyclic) bond motifs is 3. The molecule has 3 aromatic heterocycles. The van der Waals surface area contributed by atoms with Gasteiger partial charge in [-0.25, -0.2) is 14.8 Å². The average molecular weight is 419 g/mol. The Morgan fingerprint density at radius 3 is 2.90 bits per heavy atom. The molecule has 1 aliphatic heterocycles. The largest absolute Gasteiger partial charge is 0.483 e. The Morgan fingerprint density at radius 2 is 2.19 bits per heavy atom. The van der Waals surface area contributed by atoms with Crippen LogP contribution in [0.2, 0.25) is 0 Å². The fourth-order valence-corrected chi connectivity index (χ4v) is 4.09. The van der Waals surface area contributed by atoms with Gasteiger partial charge >= 0.3 is 0 Å². The Labute approximate surface area is 178 Å². The first kappa shape index (κ1) is 20.5. The molecule has 0 aliphatic carbocycles. The zero-order valence-electron chi connectivity index (χ0n) is 16.9. The van der Waals surface area contributed by atoms with Crippen molar-refractivity contribution in [2.24, 2.45) is 0 Å². The molecule has 158 valence electrons. The average Bonchev–Trinajstić information content (AvgIpc) is 3.41. The summed E-state index contributed by atoms with van der Waals surface area (Å²) in [6.45, 7) is 9.97. The van der Waals surface area contributed by atoms with Crippen LogP contribution in [0.4, 0.5) is 5.69 Å². The quantitative estimate of drug-likeness (QED) is 0.392. The number of imidazole rings is 1. The second-order valence-corrected chi connectivity index (χ2v) is 7.31. The van der Waals surface area contributed by atoms with Crippen LogP contribution in [0.3, 0.4) is 0 Å². The number of hydrogen-bond donors (Lipinski definition) is 1. The molecule has 1 fully saturated rings. The van der Waals surface area contributed by atoms with Crippen LogP contribution in [-0.2, 0) is 16.0 Å². The Bertz CT molecular complexity index is 1240. The molecular formula is C22H21N5O4. The van der Waals surface area contributed by atoms with Crippen molar-refractivity contribution in [1.82, 2.24) is 19.5 Å². The van der Waals surface area contributed by atoms with Crippen molar-refractivity contribution in [2.75, 3.05) is 6.61 Å². The summed E-state index contributed by atoms with van der Waals surface area (Å²) >= 11 is 0. The van der Waals surface area contributed by atoms with E-state index in [0.717, 1.165) is 53.0 Å². The molecule has 31 heavy (non-hydrogen) atoms. The van der Waals surface area contributed by atoms with E-state index in [1.165, 1.54) is 6.39 Å². The van der Waals surface area contributed by atoms with E-state index in [0.29, 0.717) is 12.1 Å². The van der Waals surface area contributed by atoms with Crippen LogP contribution in [-0.4, -0.2) is 43.8 Å². The second kappa shape index (κ2) is 8.93. The molecule has 0 bridgehead atoms. The lowest BCUT2D eigenvalue weighted by atomic mass is 10.0. The molecule has 0 saturated carbocycles. The predicted molar refractivity (Wildman–Crippen MR) is 113 cm³/mol. The molecule has 1 aromatic carbocycles. The third kappa shape index (κ3) is 4.11. The van der Waals surface area contributed by atoms with E-state index in [1.54, 1.807) is 12.3 Å². The highest BCUT2D eigenvalue weighted by Gasteiger charge is 2.26. The van der Waals surface area contributed by atoms with Gasteiger partial charge in [-0.15, -0.1) is 0 Å². The van der Waals surface area contributed by atoms with Gasteiger partial charge in [0, 0.05) is 18.0 Å². The molecule has 0 amide bonds. The van der Waals surface area contributed by atoms with Gasteiger partial charge in [0.15, 0.2) is 12.1 Å². The topological polar surface area (TPSA) is 108 Å². The van der Waals surface area contributed by atoms with Crippen LogP contribution in [0.5, 0.6) is 0 Å². The standard InChI is InChI=1S/C21H19N5O2.CH2O2/c1-13-7-15(5-6-27-13)26-20(9-16-10-23-12-28-16)25-19-11-24-18-4-3-14(22-2)8-17(18)21(19)26;2-1-3/h3-4,8,10-13,15H,5-7,9H2,1H3;1H,(H,2,3)/t13-,15-;/m1./s1. The Kier molecular flexibility index (Phi) is 5.91. The zero-order chi connectivity index (χ0) is 21.8. The first-order valence-corrected chi connectivity index (χ1v) is 9.88. The molecule has 9 nitrogen and oxygen atoms in total. The van der Waals surface area contributed by atoms with Gasteiger partial charge in [-0.05, 0) is 31.9 Å². The van der Waals surface area contributed by atoms with Crippen LogP contribution in [0.25, 0.3) is 26.8 Å². The van der Waals surface area contributed by atoms with Crippen LogP contribution >= 0.6 is 0 Å². The molecule has 1 N–H and O–H groups in total. The molecule has 1 saturated heterocycles. The molecule has 0 radical (unpaired) electrons. The molecular weight excluding hydrogens is 398 g/mol. The van der Waals surface area contributed by atoms with Crippen molar-refractivity contribution in [3.8, 4) is 0 Å². The molecule has 4 heterocycles. The molecule has 5 rings (SSSR count). The summed E-state index contributed by atoms with van der Waals surface area (Å²) < 4.78 is 13.6. The highest BCUT2D eigenvalue weighted by Crippen LogP contribution is 2.35. The molecule has 4 aromatic rings. The van der Waals surface area contributed by atoms with Crippen molar-refractivity contribution >= 4 is 34.1 Å². The van der Waals surface area contributed by atoms with Crippen molar-refractivity contribution in [2.45, 2.75) is 38.3 Å². The number of hydrogen-bond acceptors (Lipinski definition) is 6. The van der Waals surface area contributed by atoms with Gasteiger partial charge in [-0.1, -0.05) is 6.07 Å². The van der Waals surface area contributed by atoms with Crippen molar-refractivity contribution in [3.05, 3.63) is 60.0 Å². The number of nitrogens with zero attached hydrogens (tertiary/aromatic N) is 5. The fourth-order valence-electron chi connectivity index (χ4n) is 4.09. The van der Waals surface area contributed by atoms with E-state index in [-0.39, 0.29) is 18.6 Å². The van der Waals surface area contributed by atoms with Crippen LogP contribution in [0.15, 0.2) is 41.4 Å². The van der Waals surface area contributed by atoms with E-state index in [9.17, 15) is 0 Å². The maximum Gasteiger partial charge on any atom is 0.290 e. The third-order valence-corrected chi connectivity index (χ3v) is 5.34. The van der Waals surface area contributed by atoms with Gasteiger partial charge in [-0.2, -0.15) is 0 Å². The minimum atomic E-state index is -0.250. The number of ether oxygens (including phenoxy) is 1. The lowest BCUT2D eigenvalue weighted by Gasteiger charge is -2.30. The van der Waals surface area contributed by atoms with E-state index in [1.807, 2.05) is 18.3 Å². The van der Waals surface area contributed by atoms with Crippen LogP contribution in [0.1, 0.15) is 37.4 Å². The summed E-state index contributed by atoms with van der Waals surface area (Å²) in [6.07, 6.45) is 7.58. The molecule has 0 spiro atoms. The van der Waals surface area contributed by atoms with E-state index in [2.05, 4.69) is 26.3 Å². The minimum absolute atomic E-state index is 0.196. The summed E-state index contributed by atoms with van der Waals surface area (Å²) in [5, 5.41) is 7.85. The van der Waals surface area contributed by atoms with Gasteiger partial charge in [0.1, 0.15) is 17.1 Å². The first-order chi connectivity index (χ1) is 15.1. The Morgan fingerprint density at radius 1 is 1.35 bits per heavy atom. The van der Waals surface area contributed by atoms with Crippen molar-refractivity contribution in [3.63, 3.8) is 0 Å². The smallest absolute Gasteiger partial charge is 0.290 e. The Hall–Kier alpha value is -3.77. The third-order valence-electron chi connectivity index (χ3n) is 5.34. The maximum atomic E-state index is 8.36. The SMILES string of the molecule is O=CO.[C-]#[N+]c1ccc2ncc3nc(Cc4cnco4)n([C@@H]4CCO[C@H](C)C4)c3c2c1. The summed E-state index contributed by atoms with van der Waals surface area (Å²) in [7, 11) is 0. The molecule has 0 unspecified atom stereocenters. The lowest BCUT2D eigenvalue weighted by molar-refractivity contribution is -0.122. The summed E-state index contributed by atoms with van der Waals surface area (Å²) in [5.74, 6) is 1.70. The normalized spacial score (nSPS) is 18.3. The minimum Gasteiger partial charge on any atom is -0.483 e. The number of rotatable bonds is 3. The summed E-state index contributed by atoms with van der Waals surface area (Å²) in [5.41, 5.74) is 3.34. The Balaban J connectivity index is 0.000000730. The maximum absolute atomic E-state index is 8.36. The van der Waals surface area contributed by atoms with Gasteiger partial charge in [0.25, 0.3) is 6.47 Å². The molecule has 2 atom stereocenters. The van der Waals surface area contributed by atoms with Crippen molar-refractivity contribution < 1.29 is 19.1 Å². The highest BCUT2D eigenvalue weighted by molar-refractivity contribution is 6.03. The molecule has 9 heteroatoms. The van der Waals surface area contributed by atoms with Gasteiger partial charge < -0.3 is 18.8 Å². The van der Waals surface area contributed by atoms with Crippen molar-refractivity contribution in [1.29, 1.82) is 0 Å². The van der Waals surface area contributed by atoms with Gasteiger partial charge in [0.05, 0.1) is 42.5 Å². The number of aromatic nitrogens is 4. The zero-order valence-corrected chi connectivity index (χ0v) is 16.9. The van der Waals surface area contributed by atoms with Gasteiger partial charge in [0.2, 0.25) is 0 Å². The van der Waals surface area contributed by atoms with Crippen LogP contribution < -0.4 is 0 Å².